The van der Waals surface area contributed by atoms with Crippen molar-refractivity contribution in [1.82, 2.24) is 5.32 Å². The van der Waals surface area contributed by atoms with Gasteiger partial charge in [-0.2, -0.15) is 0 Å². The van der Waals surface area contributed by atoms with Crippen LogP contribution in [0.25, 0.3) is 11.1 Å². The monoisotopic (exact) mass is 339 g/mol. The van der Waals surface area contributed by atoms with E-state index in [1.807, 2.05) is 0 Å². The Labute approximate surface area is 140 Å². The minimum absolute atomic E-state index is 0.555. The van der Waals surface area contributed by atoms with Gasteiger partial charge in [0.2, 0.25) is 0 Å². The van der Waals surface area contributed by atoms with Gasteiger partial charge in [0.15, 0.2) is 0 Å². The van der Waals surface area contributed by atoms with Gasteiger partial charge in [-0.15, -0.1) is 0 Å². The van der Waals surface area contributed by atoms with Crippen LogP contribution in [0.5, 0.6) is 0 Å². The predicted octanol–water partition coefficient (Wildman–Crippen LogP) is 5.87. The zero-order valence-corrected chi connectivity index (χ0v) is 14.0. The summed E-state index contributed by atoms with van der Waals surface area (Å²) in [6, 6.07) is 10.5. The van der Waals surface area contributed by atoms with Crippen molar-refractivity contribution in [3.63, 3.8) is 0 Å². The second kappa shape index (κ2) is 6.18. The van der Waals surface area contributed by atoms with Gasteiger partial charge in [0.1, 0.15) is 0 Å². The fraction of sp³-hybridized carbons (Fsp3) is 0.294. The zero-order chi connectivity index (χ0) is 15.0. The van der Waals surface area contributed by atoms with Crippen LogP contribution >= 0.6 is 34.8 Å². The summed E-state index contributed by atoms with van der Waals surface area (Å²) >= 11 is 18.8. The summed E-state index contributed by atoms with van der Waals surface area (Å²) in [5, 5.41) is 5.27. The fourth-order valence-electron chi connectivity index (χ4n) is 2.42. The van der Waals surface area contributed by atoms with E-state index in [0.29, 0.717) is 21.1 Å². The number of halogens is 3. The molecule has 4 heteroatoms. The summed E-state index contributed by atoms with van der Waals surface area (Å²) in [6.07, 6.45) is 2.54. The van der Waals surface area contributed by atoms with Crippen LogP contribution in [-0.2, 0) is 6.54 Å². The average molecular weight is 341 g/mol. The Bertz CT molecular complexity index is 655. The molecule has 0 bridgehead atoms. The molecule has 110 valence electrons. The highest BCUT2D eigenvalue weighted by atomic mass is 35.5. The van der Waals surface area contributed by atoms with Crippen LogP contribution in [0.3, 0.4) is 0 Å². The number of aryl methyl sites for hydroxylation is 1. The molecule has 0 unspecified atom stereocenters. The third kappa shape index (κ3) is 3.54. The van der Waals surface area contributed by atoms with Crippen molar-refractivity contribution in [1.29, 1.82) is 0 Å². The maximum Gasteiger partial charge on any atom is 0.0514 e. The smallest absolute Gasteiger partial charge is 0.0514 e. The second-order valence-electron chi connectivity index (χ2n) is 5.56. The molecule has 0 atom stereocenters. The summed E-state index contributed by atoms with van der Waals surface area (Å²) in [4.78, 5) is 0. The quantitative estimate of drug-likeness (QED) is 0.733. The first-order valence-electron chi connectivity index (χ1n) is 7.02. The molecule has 0 saturated heterocycles. The predicted molar refractivity (Wildman–Crippen MR) is 91.5 cm³/mol. The van der Waals surface area contributed by atoms with E-state index in [1.54, 1.807) is 12.1 Å². The number of hydrogen-bond acceptors (Lipinski definition) is 1. The first-order chi connectivity index (χ1) is 10.0. The first kappa shape index (κ1) is 15.2. The Morgan fingerprint density at radius 2 is 1.71 bits per heavy atom. The van der Waals surface area contributed by atoms with Gasteiger partial charge in [0.25, 0.3) is 0 Å². The molecule has 0 radical (unpaired) electrons. The van der Waals surface area contributed by atoms with Gasteiger partial charge < -0.3 is 5.32 Å². The van der Waals surface area contributed by atoms with E-state index in [1.165, 1.54) is 24.0 Å². The van der Waals surface area contributed by atoms with Crippen molar-refractivity contribution in [3.8, 4) is 11.1 Å². The molecule has 2 aromatic carbocycles. The minimum atomic E-state index is 0.555. The largest absolute Gasteiger partial charge is 0.310 e. The van der Waals surface area contributed by atoms with Crippen LogP contribution in [0.4, 0.5) is 0 Å². The van der Waals surface area contributed by atoms with Crippen LogP contribution in [0.1, 0.15) is 24.0 Å². The molecule has 1 aliphatic rings. The molecule has 1 fully saturated rings. The van der Waals surface area contributed by atoms with E-state index in [9.17, 15) is 0 Å². The van der Waals surface area contributed by atoms with Crippen LogP contribution in [-0.4, -0.2) is 6.04 Å². The lowest BCUT2D eigenvalue weighted by molar-refractivity contribution is 0.688. The van der Waals surface area contributed by atoms with Gasteiger partial charge in [-0.1, -0.05) is 58.6 Å². The topological polar surface area (TPSA) is 12.0 Å². The maximum atomic E-state index is 6.38. The summed E-state index contributed by atoms with van der Waals surface area (Å²) in [7, 11) is 0. The molecular formula is C17H16Cl3N. The number of rotatable bonds is 4. The molecule has 1 N–H and O–H groups in total. The Morgan fingerprint density at radius 1 is 1.05 bits per heavy atom. The minimum Gasteiger partial charge on any atom is -0.310 e. The Morgan fingerprint density at radius 3 is 2.33 bits per heavy atom. The normalized spacial score (nSPS) is 14.5. The lowest BCUT2D eigenvalue weighted by Gasteiger charge is -2.15. The molecule has 0 spiro atoms. The van der Waals surface area contributed by atoms with Crippen LogP contribution in [0.2, 0.25) is 15.1 Å². The Kier molecular flexibility index (Phi) is 4.46. The molecule has 0 amide bonds. The van der Waals surface area contributed by atoms with Gasteiger partial charge >= 0.3 is 0 Å². The highest BCUT2D eigenvalue weighted by Crippen LogP contribution is 2.39. The van der Waals surface area contributed by atoms with E-state index in [0.717, 1.165) is 17.7 Å². The molecule has 21 heavy (non-hydrogen) atoms. The third-order valence-electron chi connectivity index (χ3n) is 3.70. The summed E-state index contributed by atoms with van der Waals surface area (Å²) in [5.74, 6) is 0. The van der Waals surface area contributed by atoms with Crippen molar-refractivity contribution >= 4 is 34.8 Å². The SMILES string of the molecule is Cc1ccc(CNC2CC2)c(-c2c(Cl)cc(Cl)cc2Cl)c1. The lowest BCUT2D eigenvalue weighted by Crippen LogP contribution is -2.16. The summed E-state index contributed by atoms with van der Waals surface area (Å²) in [6.45, 7) is 2.90. The molecule has 1 nitrogen and oxygen atoms in total. The van der Waals surface area contributed by atoms with Gasteiger partial charge in [0.05, 0.1) is 10.0 Å². The van der Waals surface area contributed by atoms with Gasteiger partial charge in [0, 0.05) is 23.2 Å². The number of hydrogen-bond donors (Lipinski definition) is 1. The highest BCUT2D eigenvalue weighted by molar-refractivity contribution is 6.41. The van der Waals surface area contributed by atoms with E-state index in [2.05, 4.69) is 30.4 Å². The highest BCUT2D eigenvalue weighted by Gasteiger charge is 2.21. The van der Waals surface area contributed by atoms with Gasteiger partial charge in [-0.25, -0.2) is 0 Å². The molecule has 3 rings (SSSR count). The van der Waals surface area contributed by atoms with Crippen molar-refractivity contribution < 1.29 is 0 Å². The van der Waals surface area contributed by atoms with Crippen LogP contribution < -0.4 is 5.32 Å². The standard InChI is InChI=1S/C17H16Cl3N/c1-10-2-3-11(9-21-13-4-5-13)14(6-10)17-15(19)7-12(18)8-16(17)20/h2-3,6-8,13,21H,4-5,9H2,1H3. The van der Waals surface area contributed by atoms with Crippen molar-refractivity contribution in [2.75, 3.05) is 0 Å². The molecular weight excluding hydrogens is 325 g/mol. The molecule has 0 aromatic heterocycles. The van der Waals surface area contributed by atoms with E-state index in [-0.39, 0.29) is 0 Å². The van der Waals surface area contributed by atoms with Crippen LogP contribution in [0.15, 0.2) is 30.3 Å². The average Bonchev–Trinajstić information content (AvgIpc) is 3.20. The van der Waals surface area contributed by atoms with E-state index < -0.39 is 0 Å². The molecule has 1 aliphatic carbocycles. The van der Waals surface area contributed by atoms with Gasteiger partial charge in [-0.05, 0) is 43.0 Å². The Hall–Kier alpha value is -0.730. The third-order valence-corrected chi connectivity index (χ3v) is 4.51. The van der Waals surface area contributed by atoms with Gasteiger partial charge in [-0.3, -0.25) is 0 Å². The summed E-state index contributed by atoms with van der Waals surface area (Å²) < 4.78 is 0. The first-order valence-corrected chi connectivity index (χ1v) is 8.16. The molecule has 0 heterocycles. The van der Waals surface area contributed by atoms with E-state index >= 15 is 0 Å². The lowest BCUT2D eigenvalue weighted by atomic mass is 9.97. The van der Waals surface area contributed by atoms with Crippen molar-refractivity contribution in [2.45, 2.75) is 32.4 Å². The fourth-order valence-corrected chi connectivity index (χ4v) is 3.44. The number of nitrogens with one attached hydrogen (secondary N) is 1. The van der Waals surface area contributed by atoms with Crippen molar-refractivity contribution in [2.24, 2.45) is 0 Å². The molecule has 0 aliphatic heterocycles. The Balaban J connectivity index is 2.05. The second-order valence-corrected chi connectivity index (χ2v) is 6.81. The summed E-state index contributed by atoms with van der Waals surface area (Å²) in [5.41, 5.74) is 4.33. The zero-order valence-electron chi connectivity index (χ0n) is 11.7. The van der Waals surface area contributed by atoms with Crippen LogP contribution in [0, 0.1) is 6.92 Å². The van der Waals surface area contributed by atoms with E-state index in [4.69, 9.17) is 34.8 Å². The molecule has 2 aromatic rings. The van der Waals surface area contributed by atoms with Crippen molar-refractivity contribution in [3.05, 3.63) is 56.5 Å². The number of benzene rings is 2. The maximum absolute atomic E-state index is 6.38. The molecule has 1 saturated carbocycles.